The van der Waals surface area contributed by atoms with Crippen molar-refractivity contribution in [3.8, 4) is 5.75 Å². The van der Waals surface area contributed by atoms with Crippen molar-refractivity contribution in [2.45, 2.75) is 6.54 Å². The summed E-state index contributed by atoms with van der Waals surface area (Å²) in [6, 6.07) is 12.4. The lowest BCUT2D eigenvalue weighted by atomic mass is 10.3. The molecular formula is C15H13NO4S. The Morgan fingerprint density at radius 3 is 2.67 bits per heavy atom. The minimum Gasteiger partial charge on any atom is -0.478 e. The number of carbonyl (C=O) groups excluding carboxylic acids is 1. The van der Waals surface area contributed by atoms with Crippen molar-refractivity contribution >= 4 is 29.5 Å². The number of nitrogens with one attached hydrogen (secondary N) is 1. The summed E-state index contributed by atoms with van der Waals surface area (Å²) in [5.74, 6) is -0.513. The summed E-state index contributed by atoms with van der Waals surface area (Å²) in [5, 5.41) is 11.2. The predicted molar refractivity (Wildman–Crippen MR) is 80.3 cm³/mol. The average molecular weight is 303 g/mol. The zero-order chi connectivity index (χ0) is 15.1. The third-order valence-corrected chi connectivity index (χ3v) is 3.48. The fraction of sp³-hybridized carbons (Fsp3) is 0.0667. The van der Waals surface area contributed by atoms with Gasteiger partial charge in [0, 0.05) is 15.8 Å². The molecular weight excluding hydrogens is 290 g/mol. The first-order chi connectivity index (χ1) is 10.1. The fourth-order valence-corrected chi connectivity index (χ4v) is 2.38. The number of hydrogen-bond donors (Lipinski definition) is 2. The molecule has 0 aliphatic rings. The number of benzene rings is 1. The summed E-state index contributed by atoms with van der Waals surface area (Å²) >= 11 is 1.40. The number of ether oxygens (including phenoxy) is 1. The highest BCUT2D eigenvalue weighted by Crippen LogP contribution is 2.18. The second-order valence-electron chi connectivity index (χ2n) is 4.03. The van der Waals surface area contributed by atoms with Crippen molar-refractivity contribution in [3.05, 3.63) is 58.3 Å². The largest absolute Gasteiger partial charge is 0.478 e. The molecule has 0 aliphatic carbocycles. The molecule has 0 atom stereocenters. The van der Waals surface area contributed by atoms with E-state index < -0.39 is 12.1 Å². The summed E-state index contributed by atoms with van der Waals surface area (Å²) in [6.07, 6.45) is 2.06. The summed E-state index contributed by atoms with van der Waals surface area (Å²) in [7, 11) is 0. The second kappa shape index (κ2) is 7.25. The molecule has 2 N–H and O–H groups in total. The van der Waals surface area contributed by atoms with Crippen LogP contribution >= 0.6 is 11.3 Å². The monoisotopic (exact) mass is 303 g/mol. The number of carbonyl (C=O) groups is 2. The van der Waals surface area contributed by atoms with E-state index in [1.165, 1.54) is 17.4 Å². The topological polar surface area (TPSA) is 75.6 Å². The van der Waals surface area contributed by atoms with E-state index in [0.717, 1.165) is 15.8 Å². The van der Waals surface area contributed by atoms with Crippen molar-refractivity contribution in [2.24, 2.45) is 0 Å². The van der Waals surface area contributed by atoms with E-state index >= 15 is 0 Å². The quantitative estimate of drug-likeness (QED) is 0.832. The zero-order valence-electron chi connectivity index (χ0n) is 11.0. The van der Waals surface area contributed by atoms with Gasteiger partial charge in [0.2, 0.25) is 0 Å². The number of amides is 1. The molecule has 0 bridgehead atoms. The van der Waals surface area contributed by atoms with Gasteiger partial charge in [-0.1, -0.05) is 18.2 Å². The Labute approximate surface area is 125 Å². The van der Waals surface area contributed by atoms with Crippen LogP contribution in [0.3, 0.4) is 0 Å². The molecule has 2 aromatic rings. The maximum Gasteiger partial charge on any atom is 0.412 e. The maximum atomic E-state index is 11.6. The van der Waals surface area contributed by atoms with Crippen LogP contribution in [-0.2, 0) is 11.3 Å². The number of carboxylic acid groups (broad SMARTS) is 1. The van der Waals surface area contributed by atoms with Crippen LogP contribution < -0.4 is 10.1 Å². The van der Waals surface area contributed by atoms with Gasteiger partial charge in [0.25, 0.3) is 0 Å². The van der Waals surface area contributed by atoms with Gasteiger partial charge < -0.3 is 15.2 Å². The minimum atomic E-state index is -0.991. The van der Waals surface area contributed by atoms with Gasteiger partial charge >= 0.3 is 12.1 Å². The summed E-state index contributed by atoms with van der Waals surface area (Å²) < 4.78 is 5.08. The van der Waals surface area contributed by atoms with Crippen LogP contribution in [0.2, 0.25) is 0 Å². The molecule has 0 aliphatic heterocycles. The van der Waals surface area contributed by atoms with Crippen LogP contribution in [-0.4, -0.2) is 17.2 Å². The molecule has 1 aromatic carbocycles. The predicted octanol–water partition coefficient (Wildman–Crippen LogP) is 3.13. The highest BCUT2D eigenvalue weighted by Gasteiger charge is 2.05. The van der Waals surface area contributed by atoms with Crippen LogP contribution in [0.1, 0.15) is 9.75 Å². The smallest absolute Gasteiger partial charge is 0.412 e. The Hall–Kier alpha value is -2.60. The number of thiophene rings is 1. The third-order valence-electron chi connectivity index (χ3n) is 2.43. The Kier molecular flexibility index (Phi) is 5.11. The lowest BCUT2D eigenvalue weighted by Crippen LogP contribution is -2.25. The first kappa shape index (κ1) is 14.8. The molecule has 0 radical (unpaired) electrons. The number of aliphatic carboxylic acids is 1. The van der Waals surface area contributed by atoms with Crippen LogP contribution in [0.25, 0.3) is 6.08 Å². The van der Waals surface area contributed by atoms with Crippen LogP contribution in [0.5, 0.6) is 5.75 Å². The van der Waals surface area contributed by atoms with Crippen molar-refractivity contribution in [1.82, 2.24) is 5.32 Å². The number of rotatable bonds is 5. The lowest BCUT2D eigenvalue weighted by Gasteiger charge is -2.04. The molecule has 6 heteroatoms. The maximum absolute atomic E-state index is 11.6. The van der Waals surface area contributed by atoms with Crippen molar-refractivity contribution < 1.29 is 19.4 Å². The van der Waals surface area contributed by atoms with Gasteiger partial charge in [-0.25, -0.2) is 9.59 Å². The number of para-hydroxylation sites is 1. The summed E-state index contributed by atoms with van der Waals surface area (Å²) in [5.41, 5.74) is 0. The Balaban J connectivity index is 1.83. The molecule has 21 heavy (non-hydrogen) atoms. The van der Waals surface area contributed by atoms with E-state index in [1.54, 1.807) is 30.3 Å². The molecule has 0 spiro atoms. The van der Waals surface area contributed by atoms with Gasteiger partial charge in [0.1, 0.15) is 5.75 Å². The first-order valence-electron chi connectivity index (χ1n) is 6.14. The normalized spacial score (nSPS) is 10.5. The van der Waals surface area contributed by atoms with E-state index in [-0.39, 0.29) is 0 Å². The minimum absolute atomic E-state index is 0.331. The average Bonchev–Trinajstić information content (AvgIpc) is 2.92. The van der Waals surface area contributed by atoms with E-state index in [4.69, 9.17) is 9.84 Å². The molecule has 108 valence electrons. The molecule has 0 unspecified atom stereocenters. The fourth-order valence-electron chi connectivity index (χ4n) is 1.52. The van der Waals surface area contributed by atoms with Crippen molar-refractivity contribution in [2.75, 3.05) is 0 Å². The number of carboxylic acids is 1. The standard InChI is InChI=1S/C15H13NO4S/c17-14(18)9-8-12-6-7-13(21-12)10-16-15(19)20-11-4-2-1-3-5-11/h1-9H,10H2,(H,16,19)(H,17,18). The molecule has 1 aromatic heterocycles. The van der Waals surface area contributed by atoms with Gasteiger partial charge in [-0.05, 0) is 30.3 Å². The van der Waals surface area contributed by atoms with Crippen LogP contribution in [0, 0.1) is 0 Å². The van der Waals surface area contributed by atoms with Crippen LogP contribution in [0.4, 0.5) is 4.79 Å². The summed E-state index contributed by atoms with van der Waals surface area (Å²) in [6.45, 7) is 0.331. The van der Waals surface area contributed by atoms with Gasteiger partial charge in [0.05, 0.1) is 6.54 Å². The second-order valence-corrected chi connectivity index (χ2v) is 5.23. The van der Waals surface area contributed by atoms with E-state index in [2.05, 4.69) is 5.32 Å². The first-order valence-corrected chi connectivity index (χ1v) is 6.95. The molecule has 0 saturated carbocycles. The van der Waals surface area contributed by atoms with Crippen LogP contribution in [0.15, 0.2) is 48.5 Å². The van der Waals surface area contributed by atoms with Crippen molar-refractivity contribution in [3.63, 3.8) is 0 Å². The molecule has 0 fully saturated rings. The highest BCUT2D eigenvalue weighted by molar-refractivity contribution is 7.12. The highest BCUT2D eigenvalue weighted by atomic mass is 32.1. The lowest BCUT2D eigenvalue weighted by molar-refractivity contribution is -0.131. The van der Waals surface area contributed by atoms with Gasteiger partial charge in [-0.15, -0.1) is 11.3 Å². The number of hydrogen-bond acceptors (Lipinski definition) is 4. The molecule has 0 saturated heterocycles. The third kappa shape index (κ3) is 5.12. The zero-order valence-corrected chi connectivity index (χ0v) is 11.8. The van der Waals surface area contributed by atoms with E-state index in [1.807, 2.05) is 12.1 Å². The van der Waals surface area contributed by atoms with E-state index in [9.17, 15) is 9.59 Å². The Bertz CT molecular complexity index is 649. The van der Waals surface area contributed by atoms with Gasteiger partial charge in [0.15, 0.2) is 0 Å². The SMILES string of the molecule is O=C(O)C=Cc1ccc(CNC(=O)Oc2ccccc2)s1. The molecule has 5 nitrogen and oxygen atoms in total. The van der Waals surface area contributed by atoms with Gasteiger partial charge in [-0.2, -0.15) is 0 Å². The van der Waals surface area contributed by atoms with Crippen molar-refractivity contribution in [1.29, 1.82) is 0 Å². The Morgan fingerprint density at radius 2 is 1.95 bits per heavy atom. The Morgan fingerprint density at radius 1 is 1.19 bits per heavy atom. The molecule has 1 amide bonds. The molecule has 1 heterocycles. The van der Waals surface area contributed by atoms with Gasteiger partial charge in [-0.3, -0.25) is 0 Å². The summed E-state index contributed by atoms with van der Waals surface area (Å²) in [4.78, 5) is 23.7. The molecule has 2 rings (SSSR count). The van der Waals surface area contributed by atoms with E-state index in [0.29, 0.717) is 12.3 Å².